The maximum atomic E-state index is 12.3. The zero-order chi connectivity index (χ0) is 16.6. The Balaban J connectivity index is 2.05. The maximum Gasteiger partial charge on any atom is 0.573 e. The van der Waals surface area contributed by atoms with Gasteiger partial charge >= 0.3 is 6.36 Å². The standard InChI is InChI=1S/C15H12F3N3O2/c1-9-13-7-10(5-6-21(13)20-19-9)12-4-3-11(8-14(12)22-2)23-15(16,17)18/h3-8H,1-2H3. The van der Waals surface area contributed by atoms with Crippen LogP contribution in [0.4, 0.5) is 13.2 Å². The van der Waals surface area contributed by atoms with E-state index >= 15 is 0 Å². The molecule has 5 nitrogen and oxygen atoms in total. The number of fused-ring (bicyclic) bond motifs is 1. The minimum atomic E-state index is -4.74. The number of pyridine rings is 1. The number of halogens is 3. The first-order valence-corrected chi connectivity index (χ1v) is 6.63. The molecule has 2 heterocycles. The number of aromatic nitrogens is 3. The normalized spacial score (nSPS) is 11.7. The van der Waals surface area contributed by atoms with Crippen LogP contribution < -0.4 is 9.47 Å². The van der Waals surface area contributed by atoms with Crippen molar-refractivity contribution in [1.29, 1.82) is 0 Å². The van der Waals surface area contributed by atoms with E-state index in [9.17, 15) is 13.2 Å². The lowest BCUT2D eigenvalue weighted by atomic mass is 10.0. The number of alkyl halides is 3. The lowest BCUT2D eigenvalue weighted by molar-refractivity contribution is -0.274. The Kier molecular flexibility index (Phi) is 3.59. The van der Waals surface area contributed by atoms with E-state index in [4.69, 9.17) is 4.74 Å². The molecule has 0 bridgehead atoms. The van der Waals surface area contributed by atoms with Gasteiger partial charge in [-0.05, 0) is 36.8 Å². The zero-order valence-corrected chi connectivity index (χ0v) is 12.3. The molecule has 0 saturated heterocycles. The van der Waals surface area contributed by atoms with Gasteiger partial charge in [0.2, 0.25) is 0 Å². The Morgan fingerprint density at radius 1 is 1.13 bits per heavy atom. The second kappa shape index (κ2) is 5.45. The highest BCUT2D eigenvalue weighted by molar-refractivity contribution is 5.75. The molecule has 2 aromatic heterocycles. The van der Waals surface area contributed by atoms with Crippen molar-refractivity contribution < 1.29 is 22.6 Å². The van der Waals surface area contributed by atoms with Crippen molar-refractivity contribution in [2.75, 3.05) is 7.11 Å². The van der Waals surface area contributed by atoms with Crippen molar-refractivity contribution in [3.05, 3.63) is 42.2 Å². The third kappa shape index (κ3) is 3.05. The molecule has 120 valence electrons. The van der Waals surface area contributed by atoms with E-state index in [1.807, 2.05) is 13.0 Å². The van der Waals surface area contributed by atoms with Gasteiger partial charge in [0.25, 0.3) is 0 Å². The summed E-state index contributed by atoms with van der Waals surface area (Å²) in [5.74, 6) is -0.0531. The van der Waals surface area contributed by atoms with E-state index in [2.05, 4.69) is 15.0 Å². The molecule has 8 heteroatoms. The molecule has 0 fully saturated rings. The summed E-state index contributed by atoms with van der Waals surface area (Å²) in [6.45, 7) is 1.82. The van der Waals surface area contributed by atoms with Gasteiger partial charge < -0.3 is 9.47 Å². The fourth-order valence-corrected chi connectivity index (χ4v) is 2.28. The molecule has 0 aliphatic heterocycles. The number of hydrogen-bond acceptors (Lipinski definition) is 4. The molecule has 0 amide bonds. The molecule has 0 radical (unpaired) electrons. The quantitative estimate of drug-likeness (QED) is 0.739. The van der Waals surface area contributed by atoms with Crippen LogP contribution in [0.25, 0.3) is 16.6 Å². The lowest BCUT2D eigenvalue weighted by Gasteiger charge is -2.13. The summed E-state index contributed by atoms with van der Waals surface area (Å²) in [5, 5.41) is 7.90. The molecule has 23 heavy (non-hydrogen) atoms. The molecule has 0 saturated carbocycles. The van der Waals surface area contributed by atoms with E-state index in [1.165, 1.54) is 25.3 Å². The number of hydrogen-bond donors (Lipinski definition) is 0. The molecular weight excluding hydrogens is 311 g/mol. The van der Waals surface area contributed by atoms with Gasteiger partial charge in [0.15, 0.2) is 0 Å². The van der Waals surface area contributed by atoms with Crippen LogP contribution in [0.15, 0.2) is 36.5 Å². The van der Waals surface area contributed by atoms with Crippen LogP contribution in [0.5, 0.6) is 11.5 Å². The van der Waals surface area contributed by atoms with Gasteiger partial charge in [-0.3, -0.25) is 0 Å². The number of methoxy groups -OCH3 is 1. The summed E-state index contributed by atoms with van der Waals surface area (Å²) in [4.78, 5) is 0. The third-order valence-corrected chi connectivity index (χ3v) is 3.31. The monoisotopic (exact) mass is 323 g/mol. The van der Waals surface area contributed by atoms with E-state index < -0.39 is 6.36 Å². The van der Waals surface area contributed by atoms with Crippen molar-refractivity contribution in [3.8, 4) is 22.6 Å². The molecular formula is C15H12F3N3O2. The Labute approximate surface area is 129 Å². The molecule has 3 aromatic rings. The number of nitrogens with zero attached hydrogens (tertiary/aromatic N) is 3. The van der Waals surface area contributed by atoms with Gasteiger partial charge in [-0.25, -0.2) is 4.52 Å². The Hall–Kier alpha value is -2.77. The van der Waals surface area contributed by atoms with Gasteiger partial charge in [0, 0.05) is 17.8 Å². The van der Waals surface area contributed by atoms with Gasteiger partial charge in [0.05, 0.1) is 18.3 Å². The second-order valence-electron chi connectivity index (χ2n) is 4.83. The molecule has 0 atom stereocenters. The van der Waals surface area contributed by atoms with Crippen LogP contribution >= 0.6 is 0 Å². The minimum Gasteiger partial charge on any atom is -0.496 e. The number of benzene rings is 1. The lowest BCUT2D eigenvalue weighted by Crippen LogP contribution is -2.17. The SMILES string of the molecule is COc1cc(OC(F)(F)F)ccc1-c1ccn2nnc(C)c2c1. The first-order valence-electron chi connectivity index (χ1n) is 6.63. The fraction of sp³-hybridized carbons (Fsp3) is 0.200. The summed E-state index contributed by atoms with van der Waals surface area (Å²) in [6.07, 6.45) is -3.02. The van der Waals surface area contributed by atoms with Crippen LogP contribution in [0.3, 0.4) is 0 Å². The molecule has 0 aliphatic rings. The summed E-state index contributed by atoms with van der Waals surface area (Å²) in [6, 6.07) is 7.59. The third-order valence-electron chi connectivity index (χ3n) is 3.31. The van der Waals surface area contributed by atoms with E-state index in [0.717, 1.165) is 16.8 Å². The van der Waals surface area contributed by atoms with Crippen LogP contribution in [0.1, 0.15) is 5.69 Å². The molecule has 0 unspecified atom stereocenters. The molecule has 0 aliphatic carbocycles. The Morgan fingerprint density at radius 3 is 2.61 bits per heavy atom. The predicted octanol–water partition coefficient (Wildman–Crippen LogP) is 3.61. The minimum absolute atomic E-state index is 0.279. The predicted molar refractivity (Wildman–Crippen MR) is 76.4 cm³/mol. The molecule has 1 aromatic carbocycles. The largest absolute Gasteiger partial charge is 0.573 e. The number of rotatable bonds is 3. The average Bonchev–Trinajstić information content (AvgIpc) is 2.86. The van der Waals surface area contributed by atoms with Crippen LogP contribution in [-0.2, 0) is 0 Å². The highest BCUT2D eigenvalue weighted by atomic mass is 19.4. The van der Waals surface area contributed by atoms with Gasteiger partial charge in [-0.1, -0.05) is 5.21 Å². The first-order chi connectivity index (χ1) is 10.9. The summed E-state index contributed by atoms with van der Waals surface area (Å²) in [7, 11) is 1.39. The fourth-order valence-electron chi connectivity index (χ4n) is 2.28. The summed E-state index contributed by atoms with van der Waals surface area (Å²) >= 11 is 0. The topological polar surface area (TPSA) is 48.7 Å². The van der Waals surface area contributed by atoms with Crippen LogP contribution in [0, 0.1) is 6.92 Å². The van der Waals surface area contributed by atoms with Crippen molar-refractivity contribution >= 4 is 5.52 Å². The highest BCUT2D eigenvalue weighted by Crippen LogP contribution is 2.35. The summed E-state index contributed by atoms with van der Waals surface area (Å²) < 4.78 is 47.6. The zero-order valence-electron chi connectivity index (χ0n) is 12.3. The van der Waals surface area contributed by atoms with E-state index in [-0.39, 0.29) is 11.5 Å². The number of aryl methyl sites for hydroxylation is 1. The van der Waals surface area contributed by atoms with E-state index in [0.29, 0.717) is 5.56 Å². The Morgan fingerprint density at radius 2 is 1.91 bits per heavy atom. The van der Waals surface area contributed by atoms with Gasteiger partial charge in [-0.2, -0.15) is 0 Å². The first kappa shape index (κ1) is 15.1. The Bertz CT molecular complexity index is 859. The summed E-state index contributed by atoms with van der Waals surface area (Å²) in [5.41, 5.74) is 2.98. The molecule has 3 rings (SSSR count). The maximum absolute atomic E-state index is 12.3. The second-order valence-corrected chi connectivity index (χ2v) is 4.83. The van der Waals surface area contributed by atoms with Gasteiger partial charge in [0.1, 0.15) is 11.5 Å². The number of ether oxygens (including phenoxy) is 2. The average molecular weight is 323 g/mol. The molecule has 0 spiro atoms. The highest BCUT2D eigenvalue weighted by Gasteiger charge is 2.31. The van der Waals surface area contributed by atoms with Crippen molar-refractivity contribution in [2.24, 2.45) is 0 Å². The van der Waals surface area contributed by atoms with Crippen molar-refractivity contribution in [1.82, 2.24) is 14.8 Å². The molecule has 0 N–H and O–H groups in total. The van der Waals surface area contributed by atoms with Gasteiger partial charge in [-0.15, -0.1) is 18.3 Å². The van der Waals surface area contributed by atoms with E-state index in [1.54, 1.807) is 16.8 Å². The van der Waals surface area contributed by atoms with Crippen molar-refractivity contribution in [2.45, 2.75) is 13.3 Å². The smallest absolute Gasteiger partial charge is 0.496 e. The van der Waals surface area contributed by atoms with Crippen LogP contribution in [-0.4, -0.2) is 28.3 Å². The van der Waals surface area contributed by atoms with Crippen molar-refractivity contribution in [3.63, 3.8) is 0 Å². The van der Waals surface area contributed by atoms with Crippen LogP contribution in [0.2, 0.25) is 0 Å².